The van der Waals surface area contributed by atoms with Crippen LogP contribution >= 0.6 is 22.9 Å². The molecule has 1 aromatic heterocycles. The average Bonchev–Trinajstić information content (AvgIpc) is 2.74. The van der Waals surface area contributed by atoms with Crippen LogP contribution in [0.2, 0.25) is 5.02 Å². The van der Waals surface area contributed by atoms with Crippen molar-refractivity contribution in [2.75, 3.05) is 11.1 Å². The largest absolute Gasteiger partial charge is 0.398 e. The molecule has 0 fully saturated rings. The summed E-state index contributed by atoms with van der Waals surface area (Å²) in [6.45, 7) is 0. The molecule has 0 aliphatic carbocycles. The summed E-state index contributed by atoms with van der Waals surface area (Å²) in [5.74, 6) is -0.251. The Morgan fingerprint density at radius 2 is 2.19 bits per heavy atom. The molecule has 82 valence electrons. The SMILES string of the molecule is Nc1ccc(Cl)cc1C(=O)Nc1ccsc1. The van der Waals surface area contributed by atoms with Gasteiger partial charge in [-0.2, -0.15) is 11.3 Å². The number of halogens is 1. The number of thiophene rings is 1. The summed E-state index contributed by atoms with van der Waals surface area (Å²) in [5, 5.41) is 6.96. The van der Waals surface area contributed by atoms with Crippen molar-refractivity contribution in [3.8, 4) is 0 Å². The van der Waals surface area contributed by atoms with E-state index in [-0.39, 0.29) is 5.91 Å². The van der Waals surface area contributed by atoms with Crippen LogP contribution in [0.5, 0.6) is 0 Å². The van der Waals surface area contributed by atoms with Gasteiger partial charge in [0.2, 0.25) is 0 Å². The summed E-state index contributed by atoms with van der Waals surface area (Å²) in [6, 6.07) is 6.64. The van der Waals surface area contributed by atoms with Crippen LogP contribution in [-0.2, 0) is 0 Å². The van der Waals surface area contributed by atoms with Gasteiger partial charge in [-0.25, -0.2) is 0 Å². The van der Waals surface area contributed by atoms with Crippen LogP contribution in [0.3, 0.4) is 0 Å². The minimum atomic E-state index is -0.251. The van der Waals surface area contributed by atoms with Gasteiger partial charge in [0, 0.05) is 16.1 Å². The molecule has 1 aromatic carbocycles. The number of anilines is 2. The van der Waals surface area contributed by atoms with Crippen molar-refractivity contribution in [2.45, 2.75) is 0 Å². The molecule has 3 N–H and O–H groups in total. The number of rotatable bonds is 2. The first-order chi connectivity index (χ1) is 7.66. The molecule has 16 heavy (non-hydrogen) atoms. The Morgan fingerprint density at radius 1 is 1.38 bits per heavy atom. The Bertz CT molecular complexity index is 511. The van der Waals surface area contributed by atoms with E-state index in [4.69, 9.17) is 17.3 Å². The monoisotopic (exact) mass is 252 g/mol. The third-order valence-electron chi connectivity index (χ3n) is 2.04. The van der Waals surface area contributed by atoms with E-state index >= 15 is 0 Å². The van der Waals surface area contributed by atoms with Crippen LogP contribution in [0.25, 0.3) is 0 Å². The zero-order chi connectivity index (χ0) is 11.5. The van der Waals surface area contributed by atoms with Gasteiger partial charge in [-0.05, 0) is 29.6 Å². The number of nitrogen functional groups attached to an aromatic ring is 1. The highest BCUT2D eigenvalue weighted by Gasteiger charge is 2.10. The second kappa shape index (κ2) is 4.55. The normalized spacial score (nSPS) is 10.1. The molecule has 1 amide bonds. The lowest BCUT2D eigenvalue weighted by Gasteiger charge is -2.06. The van der Waals surface area contributed by atoms with E-state index in [0.29, 0.717) is 16.3 Å². The molecule has 0 aliphatic heterocycles. The summed E-state index contributed by atoms with van der Waals surface area (Å²) < 4.78 is 0. The number of benzene rings is 1. The van der Waals surface area contributed by atoms with Crippen LogP contribution < -0.4 is 11.1 Å². The minimum Gasteiger partial charge on any atom is -0.398 e. The van der Waals surface area contributed by atoms with Crippen molar-refractivity contribution in [1.29, 1.82) is 0 Å². The number of hydrogen-bond acceptors (Lipinski definition) is 3. The van der Waals surface area contributed by atoms with Crippen molar-refractivity contribution in [1.82, 2.24) is 0 Å². The molecular weight excluding hydrogens is 244 g/mol. The van der Waals surface area contributed by atoms with Gasteiger partial charge in [0.25, 0.3) is 5.91 Å². The number of hydrogen-bond donors (Lipinski definition) is 2. The Labute approximate surface area is 102 Å². The highest BCUT2D eigenvalue weighted by Crippen LogP contribution is 2.20. The Hall–Kier alpha value is -1.52. The predicted octanol–water partition coefficient (Wildman–Crippen LogP) is 3.24. The topological polar surface area (TPSA) is 55.1 Å². The highest BCUT2D eigenvalue weighted by molar-refractivity contribution is 7.08. The fraction of sp³-hybridized carbons (Fsp3) is 0. The molecule has 0 radical (unpaired) electrons. The molecule has 0 saturated carbocycles. The van der Waals surface area contributed by atoms with Gasteiger partial charge in [-0.15, -0.1) is 0 Å². The third kappa shape index (κ3) is 2.35. The number of carbonyl (C=O) groups excluding carboxylic acids is 1. The fourth-order valence-electron chi connectivity index (χ4n) is 1.26. The third-order valence-corrected chi connectivity index (χ3v) is 2.96. The van der Waals surface area contributed by atoms with Crippen LogP contribution in [-0.4, -0.2) is 5.91 Å². The smallest absolute Gasteiger partial charge is 0.257 e. The minimum absolute atomic E-state index is 0.251. The second-order valence-corrected chi connectivity index (χ2v) is 4.41. The van der Waals surface area contributed by atoms with Gasteiger partial charge in [0.1, 0.15) is 0 Å². The number of nitrogens with one attached hydrogen (secondary N) is 1. The maximum atomic E-state index is 11.8. The molecule has 5 heteroatoms. The Morgan fingerprint density at radius 3 is 2.88 bits per heavy atom. The highest BCUT2D eigenvalue weighted by atomic mass is 35.5. The lowest BCUT2D eigenvalue weighted by Crippen LogP contribution is -2.13. The van der Waals surface area contributed by atoms with Gasteiger partial charge in [0.05, 0.1) is 11.3 Å². The first kappa shape index (κ1) is 11.0. The van der Waals surface area contributed by atoms with Crippen LogP contribution in [0.1, 0.15) is 10.4 Å². The quantitative estimate of drug-likeness (QED) is 0.807. The van der Waals surface area contributed by atoms with Crippen molar-refractivity contribution >= 4 is 40.2 Å². The van der Waals surface area contributed by atoms with E-state index < -0.39 is 0 Å². The number of carbonyl (C=O) groups is 1. The predicted molar refractivity (Wildman–Crippen MR) is 68.1 cm³/mol. The summed E-state index contributed by atoms with van der Waals surface area (Å²) >= 11 is 7.32. The molecule has 2 rings (SSSR count). The van der Waals surface area contributed by atoms with Crippen LogP contribution in [0, 0.1) is 0 Å². The molecule has 3 nitrogen and oxygen atoms in total. The van der Waals surface area contributed by atoms with E-state index in [1.54, 1.807) is 18.2 Å². The van der Waals surface area contributed by atoms with Gasteiger partial charge >= 0.3 is 0 Å². The summed E-state index contributed by atoms with van der Waals surface area (Å²) in [7, 11) is 0. The molecule has 0 atom stereocenters. The molecule has 0 saturated heterocycles. The van der Waals surface area contributed by atoms with E-state index in [1.807, 2.05) is 16.8 Å². The van der Waals surface area contributed by atoms with E-state index in [0.717, 1.165) is 5.69 Å². The molecule has 1 heterocycles. The standard InChI is InChI=1S/C11H9ClN2OS/c12-7-1-2-10(13)9(5-7)11(15)14-8-3-4-16-6-8/h1-6H,13H2,(H,14,15). The van der Waals surface area contributed by atoms with Gasteiger partial charge in [0.15, 0.2) is 0 Å². The van der Waals surface area contributed by atoms with Crippen molar-refractivity contribution in [3.05, 3.63) is 45.6 Å². The van der Waals surface area contributed by atoms with Gasteiger partial charge in [-0.3, -0.25) is 4.79 Å². The molecule has 0 spiro atoms. The van der Waals surface area contributed by atoms with E-state index in [1.165, 1.54) is 11.3 Å². The van der Waals surface area contributed by atoms with Gasteiger partial charge in [-0.1, -0.05) is 11.6 Å². The first-order valence-corrected chi connectivity index (χ1v) is 5.87. The first-order valence-electron chi connectivity index (χ1n) is 4.55. The summed E-state index contributed by atoms with van der Waals surface area (Å²) in [6.07, 6.45) is 0. The molecule has 0 bridgehead atoms. The number of amides is 1. The zero-order valence-corrected chi connectivity index (χ0v) is 9.81. The molecule has 2 aromatic rings. The Kier molecular flexibility index (Phi) is 3.12. The maximum Gasteiger partial charge on any atom is 0.257 e. The van der Waals surface area contributed by atoms with E-state index in [9.17, 15) is 4.79 Å². The Balaban J connectivity index is 2.24. The molecule has 0 aliphatic rings. The van der Waals surface area contributed by atoms with Crippen molar-refractivity contribution in [2.24, 2.45) is 0 Å². The lowest BCUT2D eigenvalue weighted by molar-refractivity contribution is 0.102. The molecular formula is C11H9ClN2OS. The van der Waals surface area contributed by atoms with Crippen molar-refractivity contribution in [3.63, 3.8) is 0 Å². The second-order valence-electron chi connectivity index (χ2n) is 3.20. The lowest BCUT2D eigenvalue weighted by atomic mass is 10.1. The summed E-state index contributed by atoms with van der Waals surface area (Å²) in [5.41, 5.74) is 7.26. The van der Waals surface area contributed by atoms with Crippen molar-refractivity contribution < 1.29 is 4.79 Å². The molecule has 0 unspecified atom stereocenters. The fourth-order valence-corrected chi connectivity index (χ4v) is 2.02. The van der Waals surface area contributed by atoms with Crippen LogP contribution in [0.4, 0.5) is 11.4 Å². The zero-order valence-electron chi connectivity index (χ0n) is 8.24. The van der Waals surface area contributed by atoms with E-state index in [2.05, 4.69) is 5.32 Å². The number of nitrogens with two attached hydrogens (primary N) is 1. The summed E-state index contributed by atoms with van der Waals surface area (Å²) in [4.78, 5) is 11.8. The maximum absolute atomic E-state index is 11.8. The van der Waals surface area contributed by atoms with Crippen LogP contribution in [0.15, 0.2) is 35.0 Å². The van der Waals surface area contributed by atoms with Gasteiger partial charge < -0.3 is 11.1 Å². The average molecular weight is 253 g/mol.